The van der Waals surface area contributed by atoms with Gasteiger partial charge in [-0.05, 0) is 27.6 Å². The fourth-order valence-electron chi connectivity index (χ4n) is 1.91. The second-order valence-corrected chi connectivity index (χ2v) is 5.67. The summed E-state index contributed by atoms with van der Waals surface area (Å²) in [7, 11) is 1.71. The Hall–Kier alpha value is -2.68. The van der Waals surface area contributed by atoms with Crippen LogP contribution in [-0.2, 0) is 18.3 Å². The molecule has 2 aromatic rings. The number of carbonyl (C=O) groups is 2. The largest absolute Gasteiger partial charge is 0.345 e. The Morgan fingerprint density at radius 2 is 1.91 bits per heavy atom. The van der Waals surface area contributed by atoms with E-state index in [9.17, 15) is 19.7 Å². The Morgan fingerprint density at radius 1 is 1.26 bits per heavy atom. The molecule has 8 nitrogen and oxygen atoms in total. The number of aromatic nitrogens is 1. The van der Waals surface area contributed by atoms with Gasteiger partial charge in [0, 0.05) is 29.8 Å². The summed E-state index contributed by atoms with van der Waals surface area (Å²) in [5.41, 5.74) is 5.55. The van der Waals surface area contributed by atoms with E-state index in [4.69, 9.17) is 0 Å². The van der Waals surface area contributed by atoms with Gasteiger partial charge in [-0.3, -0.25) is 30.6 Å². The summed E-state index contributed by atoms with van der Waals surface area (Å²) < 4.78 is 2.37. The van der Waals surface area contributed by atoms with Crippen LogP contribution in [-0.4, -0.2) is 21.3 Å². The van der Waals surface area contributed by atoms with Crippen LogP contribution < -0.4 is 10.9 Å². The number of rotatable bonds is 4. The molecule has 1 aromatic heterocycles. The molecule has 0 unspecified atom stereocenters. The number of benzene rings is 1. The molecule has 0 bridgehead atoms. The lowest BCUT2D eigenvalue weighted by atomic mass is 10.1. The average Bonchev–Trinajstić information content (AvgIpc) is 2.84. The third kappa shape index (κ3) is 4.39. The van der Waals surface area contributed by atoms with Crippen LogP contribution in [0.4, 0.5) is 5.69 Å². The SMILES string of the molecule is Cn1cc(Br)cc1C(=O)NNC(=O)Cc1ccc([N+](=O)[O-])cc1. The van der Waals surface area contributed by atoms with Crippen molar-refractivity contribution in [2.45, 2.75) is 6.42 Å². The normalized spacial score (nSPS) is 10.2. The molecule has 1 aromatic carbocycles. The van der Waals surface area contributed by atoms with E-state index in [-0.39, 0.29) is 12.1 Å². The van der Waals surface area contributed by atoms with Crippen LogP contribution in [0.5, 0.6) is 0 Å². The van der Waals surface area contributed by atoms with Crippen LogP contribution in [0.3, 0.4) is 0 Å². The van der Waals surface area contributed by atoms with Gasteiger partial charge < -0.3 is 4.57 Å². The van der Waals surface area contributed by atoms with Gasteiger partial charge in [0.05, 0.1) is 11.3 Å². The van der Waals surface area contributed by atoms with Crippen LogP contribution in [0.2, 0.25) is 0 Å². The fraction of sp³-hybridized carbons (Fsp3) is 0.143. The molecule has 1 heterocycles. The zero-order chi connectivity index (χ0) is 17.0. The van der Waals surface area contributed by atoms with E-state index in [0.717, 1.165) is 4.47 Å². The minimum atomic E-state index is -0.512. The maximum absolute atomic E-state index is 11.9. The van der Waals surface area contributed by atoms with Crippen LogP contribution in [0.15, 0.2) is 41.0 Å². The van der Waals surface area contributed by atoms with Crippen LogP contribution in [0, 0.1) is 10.1 Å². The van der Waals surface area contributed by atoms with Crippen molar-refractivity contribution in [3.8, 4) is 0 Å². The van der Waals surface area contributed by atoms with Crippen molar-refractivity contribution in [3.05, 3.63) is 62.4 Å². The molecule has 0 aliphatic rings. The number of amides is 2. The van der Waals surface area contributed by atoms with Crippen molar-refractivity contribution in [3.63, 3.8) is 0 Å². The lowest BCUT2D eigenvalue weighted by molar-refractivity contribution is -0.384. The number of hydrogen-bond acceptors (Lipinski definition) is 4. The Labute approximate surface area is 139 Å². The zero-order valence-corrected chi connectivity index (χ0v) is 13.7. The van der Waals surface area contributed by atoms with Crippen molar-refractivity contribution < 1.29 is 14.5 Å². The van der Waals surface area contributed by atoms with Gasteiger partial charge in [0.1, 0.15) is 5.69 Å². The standard InChI is InChI=1S/C14H13BrN4O4/c1-18-8-10(15)7-12(18)14(21)17-16-13(20)6-9-2-4-11(5-3-9)19(22)23/h2-5,7-8H,6H2,1H3,(H,16,20)(H,17,21). The molecule has 0 aliphatic heterocycles. The number of halogens is 1. The third-order valence-corrected chi connectivity index (χ3v) is 3.47. The Kier molecular flexibility index (Phi) is 5.12. The molecule has 2 rings (SSSR count). The molecule has 0 spiro atoms. The van der Waals surface area contributed by atoms with Crippen molar-refractivity contribution >= 4 is 33.4 Å². The molecule has 2 amide bonds. The number of non-ortho nitro benzene ring substituents is 1. The Bertz CT molecular complexity index is 755. The summed E-state index contributed by atoms with van der Waals surface area (Å²) in [6.45, 7) is 0. The minimum Gasteiger partial charge on any atom is -0.345 e. The summed E-state index contributed by atoms with van der Waals surface area (Å²) in [6, 6.07) is 7.25. The number of nitrogens with one attached hydrogen (secondary N) is 2. The second-order valence-electron chi connectivity index (χ2n) is 4.76. The predicted octanol–water partition coefficient (Wildman–Crippen LogP) is 1.70. The quantitative estimate of drug-likeness (QED) is 0.621. The van der Waals surface area contributed by atoms with E-state index in [0.29, 0.717) is 11.3 Å². The highest BCUT2D eigenvalue weighted by molar-refractivity contribution is 9.10. The molecule has 23 heavy (non-hydrogen) atoms. The van der Waals surface area contributed by atoms with Gasteiger partial charge in [0.25, 0.3) is 11.6 Å². The highest BCUT2D eigenvalue weighted by Gasteiger charge is 2.12. The topological polar surface area (TPSA) is 106 Å². The summed E-state index contributed by atoms with van der Waals surface area (Å²) in [5, 5.41) is 10.5. The van der Waals surface area contributed by atoms with Crippen LogP contribution in [0.25, 0.3) is 0 Å². The summed E-state index contributed by atoms with van der Waals surface area (Å²) in [5.74, 6) is -0.879. The molecule has 9 heteroatoms. The van der Waals surface area contributed by atoms with Gasteiger partial charge in [-0.1, -0.05) is 12.1 Å². The van der Waals surface area contributed by atoms with Gasteiger partial charge in [0.2, 0.25) is 5.91 Å². The molecule has 120 valence electrons. The average molecular weight is 381 g/mol. The van der Waals surface area contributed by atoms with Gasteiger partial charge in [-0.2, -0.15) is 0 Å². The number of nitro groups is 1. The van der Waals surface area contributed by atoms with E-state index in [1.54, 1.807) is 23.9 Å². The van der Waals surface area contributed by atoms with E-state index in [2.05, 4.69) is 26.8 Å². The van der Waals surface area contributed by atoms with Crippen molar-refractivity contribution in [2.75, 3.05) is 0 Å². The van der Waals surface area contributed by atoms with E-state index >= 15 is 0 Å². The highest BCUT2D eigenvalue weighted by Crippen LogP contribution is 2.13. The first-order valence-corrected chi connectivity index (χ1v) is 7.30. The number of nitro benzene ring substituents is 1. The first-order chi connectivity index (χ1) is 10.9. The lowest BCUT2D eigenvalue weighted by Gasteiger charge is -2.08. The summed E-state index contributed by atoms with van der Waals surface area (Å²) in [4.78, 5) is 33.7. The Morgan fingerprint density at radius 3 is 2.43 bits per heavy atom. The minimum absolute atomic E-state index is 0.00486. The lowest BCUT2D eigenvalue weighted by Crippen LogP contribution is -2.42. The molecular weight excluding hydrogens is 368 g/mol. The molecule has 0 radical (unpaired) electrons. The highest BCUT2D eigenvalue weighted by atomic mass is 79.9. The van der Waals surface area contributed by atoms with Gasteiger partial charge >= 0.3 is 0 Å². The first-order valence-electron chi connectivity index (χ1n) is 6.51. The maximum atomic E-state index is 11.9. The molecule has 0 fully saturated rings. The molecule has 0 aliphatic carbocycles. The zero-order valence-electron chi connectivity index (χ0n) is 12.1. The fourth-order valence-corrected chi connectivity index (χ4v) is 2.43. The maximum Gasteiger partial charge on any atom is 0.286 e. The molecular formula is C14H13BrN4O4. The number of nitrogens with zero attached hydrogens (tertiary/aromatic N) is 2. The Balaban J connectivity index is 1.88. The molecule has 0 saturated heterocycles. The number of carbonyl (C=O) groups excluding carboxylic acids is 2. The first kappa shape index (κ1) is 16.7. The predicted molar refractivity (Wildman–Crippen MR) is 85.5 cm³/mol. The third-order valence-electron chi connectivity index (χ3n) is 3.03. The van der Waals surface area contributed by atoms with Gasteiger partial charge in [0.15, 0.2) is 0 Å². The monoisotopic (exact) mass is 380 g/mol. The van der Waals surface area contributed by atoms with E-state index < -0.39 is 16.7 Å². The second kappa shape index (κ2) is 7.05. The molecule has 0 atom stereocenters. The molecule has 2 N–H and O–H groups in total. The number of aryl methyl sites for hydroxylation is 1. The number of hydrogen-bond donors (Lipinski definition) is 2. The van der Waals surface area contributed by atoms with E-state index in [1.807, 2.05) is 0 Å². The van der Waals surface area contributed by atoms with Crippen molar-refractivity contribution in [2.24, 2.45) is 7.05 Å². The number of hydrazine groups is 1. The van der Waals surface area contributed by atoms with Gasteiger partial charge in [-0.15, -0.1) is 0 Å². The van der Waals surface area contributed by atoms with Crippen LogP contribution >= 0.6 is 15.9 Å². The summed E-state index contributed by atoms with van der Waals surface area (Å²) >= 11 is 3.26. The van der Waals surface area contributed by atoms with Crippen molar-refractivity contribution in [1.82, 2.24) is 15.4 Å². The van der Waals surface area contributed by atoms with Crippen molar-refractivity contribution in [1.29, 1.82) is 0 Å². The smallest absolute Gasteiger partial charge is 0.286 e. The van der Waals surface area contributed by atoms with Crippen LogP contribution in [0.1, 0.15) is 16.1 Å². The summed E-state index contributed by atoms with van der Waals surface area (Å²) in [6.07, 6.45) is 1.71. The van der Waals surface area contributed by atoms with Gasteiger partial charge in [-0.25, -0.2) is 0 Å². The molecule has 0 saturated carbocycles. The van der Waals surface area contributed by atoms with E-state index in [1.165, 1.54) is 24.3 Å².